The number of aldehydes is 1. The second-order valence-corrected chi connectivity index (χ2v) is 5.64. The molecule has 0 N–H and O–H groups in total. The number of rotatable bonds is 6. The summed E-state index contributed by atoms with van der Waals surface area (Å²) in [6, 6.07) is 8.37. The molecule has 2 aromatic rings. The highest BCUT2D eigenvalue weighted by atomic mass is 35.5. The number of ether oxygens (including phenoxy) is 1. The Labute approximate surface area is 143 Å². The summed E-state index contributed by atoms with van der Waals surface area (Å²) >= 11 is 5.89. The number of hydrogen-bond donors (Lipinski definition) is 0. The van der Waals surface area contributed by atoms with Crippen molar-refractivity contribution in [1.29, 1.82) is 0 Å². The minimum absolute atomic E-state index is 0.104. The first-order valence-electron chi connectivity index (χ1n) is 7.45. The first-order chi connectivity index (χ1) is 11.3. The van der Waals surface area contributed by atoms with Gasteiger partial charge in [0.15, 0.2) is 0 Å². The van der Waals surface area contributed by atoms with E-state index in [4.69, 9.17) is 16.3 Å². The van der Waals surface area contributed by atoms with Gasteiger partial charge in [0.1, 0.15) is 17.8 Å². The van der Waals surface area contributed by atoms with Crippen LogP contribution in [-0.4, -0.2) is 6.29 Å². The number of hydrogen-bond acceptors (Lipinski definition) is 2. The van der Waals surface area contributed by atoms with Crippen molar-refractivity contribution >= 4 is 17.9 Å². The maximum absolute atomic E-state index is 12.6. The molecule has 128 valence electrons. The minimum atomic E-state index is -4.45. The molecule has 0 saturated carbocycles. The Morgan fingerprint density at radius 2 is 1.88 bits per heavy atom. The van der Waals surface area contributed by atoms with E-state index >= 15 is 0 Å². The summed E-state index contributed by atoms with van der Waals surface area (Å²) in [5, 5.41) is -0.104. The monoisotopic (exact) mass is 356 g/mol. The van der Waals surface area contributed by atoms with Crippen LogP contribution in [0.2, 0.25) is 5.02 Å². The van der Waals surface area contributed by atoms with Gasteiger partial charge in [-0.25, -0.2) is 0 Å². The van der Waals surface area contributed by atoms with Gasteiger partial charge in [0.25, 0.3) is 0 Å². The van der Waals surface area contributed by atoms with Gasteiger partial charge in [0.2, 0.25) is 0 Å². The summed E-state index contributed by atoms with van der Waals surface area (Å²) < 4.78 is 43.6. The molecule has 0 spiro atoms. The van der Waals surface area contributed by atoms with Gasteiger partial charge in [-0.2, -0.15) is 13.2 Å². The van der Waals surface area contributed by atoms with Crippen molar-refractivity contribution in [3.8, 4) is 11.5 Å². The molecule has 0 saturated heterocycles. The lowest BCUT2D eigenvalue weighted by molar-refractivity contribution is -0.137. The van der Waals surface area contributed by atoms with Crippen LogP contribution in [0.3, 0.4) is 0 Å². The van der Waals surface area contributed by atoms with Crippen molar-refractivity contribution in [2.75, 3.05) is 0 Å². The van der Waals surface area contributed by atoms with Gasteiger partial charge in [-0.05, 0) is 54.3 Å². The highest BCUT2D eigenvalue weighted by molar-refractivity contribution is 6.32. The van der Waals surface area contributed by atoms with Gasteiger partial charge in [-0.3, -0.25) is 0 Å². The van der Waals surface area contributed by atoms with Crippen molar-refractivity contribution in [1.82, 2.24) is 0 Å². The van der Waals surface area contributed by atoms with E-state index in [0.717, 1.165) is 36.0 Å². The van der Waals surface area contributed by atoms with Crippen molar-refractivity contribution in [3.05, 3.63) is 58.1 Å². The maximum atomic E-state index is 12.6. The Morgan fingerprint density at radius 1 is 1.12 bits per heavy atom. The van der Waals surface area contributed by atoms with Gasteiger partial charge >= 0.3 is 6.18 Å². The van der Waals surface area contributed by atoms with Crippen molar-refractivity contribution in [3.63, 3.8) is 0 Å². The average Bonchev–Trinajstić information content (AvgIpc) is 2.54. The van der Waals surface area contributed by atoms with Crippen LogP contribution in [0.1, 0.15) is 30.0 Å². The molecule has 0 radical (unpaired) electrons. The van der Waals surface area contributed by atoms with Gasteiger partial charge < -0.3 is 9.53 Å². The van der Waals surface area contributed by atoms with E-state index in [9.17, 15) is 18.0 Å². The Morgan fingerprint density at radius 3 is 2.46 bits per heavy atom. The van der Waals surface area contributed by atoms with E-state index in [1.807, 2.05) is 19.1 Å². The van der Waals surface area contributed by atoms with E-state index in [0.29, 0.717) is 18.6 Å². The zero-order valence-electron chi connectivity index (χ0n) is 13.0. The molecule has 0 bridgehead atoms. The van der Waals surface area contributed by atoms with E-state index in [1.165, 1.54) is 6.07 Å². The molecule has 24 heavy (non-hydrogen) atoms. The number of benzene rings is 2. The summed E-state index contributed by atoms with van der Waals surface area (Å²) in [6.45, 7) is 1.98. The lowest BCUT2D eigenvalue weighted by Gasteiger charge is -2.13. The first-order valence-corrected chi connectivity index (χ1v) is 7.83. The average molecular weight is 357 g/mol. The fraction of sp³-hybridized carbons (Fsp3) is 0.278. The number of halogens is 4. The number of aryl methyl sites for hydroxylation is 2. The summed E-state index contributed by atoms with van der Waals surface area (Å²) in [7, 11) is 0. The maximum Gasteiger partial charge on any atom is 0.416 e. The van der Waals surface area contributed by atoms with Crippen LogP contribution in [0.25, 0.3) is 0 Å². The SMILES string of the molecule is CCc1cc(Oc2ccc(C(F)(F)F)cc2Cl)ccc1CCC=O. The molecular weight excluding hydrogens is 341 g/mol. The fourth-order valence-electron chi connectivity index (χ4n) is 2.34. The fourth-order valence-corrected chi connectivity index (χ4v) is 2.56. The summed E-state index contributed by atoms with van der Waals surface area (Å²) in [4.78, 5) is 10.5. The summed E-state index contributed by atoms with van der Waals surface area (Å²) in [5.41, 5.74) is 1.26. The van der Waals surface area contributed by atoms with E-state index in [1.54, 1.807) is 6.07 Å². The van der Waals surface area contributed by atoms with Gasteiger partial charge in [0, 0.05) is 6.42 Å². The lowest BCUT2D eigenvalue weighted by atomic mass is 10.0. The van der Waals surface area contributed by atoms with Crippen molar-refractivity contribution < 1.29 is 22.7 Å². The predicted molar refractivity (Wildman–Crippen MR) is 86.7 cm³/mol. The molecule has 0 atom stereocenters. The molecule has 2 rings (SSSR count). The smallest absolute Gasteiger partial charge is 0.416 e. The van der Waals surface area contributed by atoms with E-state index in [2.05, 4.69) is 0 Å². The number of carbonyl (C=O) groups is 1. The zero-order chi connectivity index (χ0) is 17.7. The third-order valence-electron chi connectivity index (χ3n) is 3.58. The van der Waals surface area contributed by atoms with Crippen molar-refractivity contribution in [2.45, 2.75) is 32.4 Å². The highest BCUT2D eigenvalue weighted by Crippen LogP contribution is 2.36. The van der Waals surface area contributed by atoms with Crippen molar-refractivity contribution in [2.24, 2.45) is 0 Å². The Kier molecular flexibility index (Phi) is 5.89. The first kappa shape index (κ1) is 18.3. The lowest BCUT2D eigenvalue weighted by Crippen LogP contribution is -2.04. The molecule has 0 aliphatic rings. The molecular formula is C18H16ClF3O2. The standard InChI is InChI=1S/C18H16ClF3O2/c1-2-12-10-15(7-5-13(12)4-3-9-23)24-17-8-6-14(11-16(17)19)18(20,21)22/h5-11H,2-4H2,1H3. The molecule has 6 heteroatoms. The normalized spacial score (nSPS) is 11.4. The quantitative estimate of drug-likeness (QED) is 0.607. The Hall–Kier alpha value is -2.01. The predicted octanol–water partition coefficient (Wildman–Crippen LogP) is 5.85. The zero-order valence-corrected chi connectivity index (χ0v) is 13.7. The molecule has 2 nitrogen and oxygen atoms in total. The Bertz CT molecular complexity index is 727. The van der Waals surface area contributed by atoms with Crippen LogP contribution < -0.4 is 4.74 Å². The van der Waals surface area contributed by atoms with Gasteiger partial charge in [-0.15, -0.1) is 0 Å². The Balaban J connectivity index is 2.23. The van der Waals surface area contributed by atoms with Crippen LogP contribution in [0.4, 0.5) is 13.2 Å². The molecule has 0 unspecified atom stereocenters. The van der Waals surface area contributed by atoms with E-state index < -0.39 is 11.7 Å². The molecule has 0 fully saturated rings. The molecule has 0 heterocycles. The van der Waals surface area contributed by atoms with Crippen LogP contribution >= 0.6 is 11.6 Å². The van der Waals surface area contributed by atoms with Crippen LogP contribution in [0.5, 0.6) is 11.5 Å². The summed E-state index contributed by atoms with van der Waals surface area (Å²) in [6.07, 6.45) is -1.73. The topological polar surface area (TPSA) is 26.3 Å². The number of alkyl halides is 3. The second kappa shape index (κ2) is 7.71. The molecule has 0 amide bonds. The third-order valence-corrected chi connectivity index (χ3v) is 3.87. The third kappa shape index (κ3) is 4.51. The van der Waals surface area contributed by atoms with Crippen LogP contribution in [0, 0.1) is 0 Å². The van der Waals surface area contributed by atoms with E-state index in [-0.39, 0.29) is 10.8 Å². The molecule has 0 aromatic heterocycles. The molecule has 0 aliphatic heterocycles. The summed E-state index contributed by atoms with van der Waals surface area (Å²) in [5.74, 6) is 0.649. The van der Waals surface area contributed by atoms with Gasteiger partial charge in [-0.1, -0.05) is 24.6 Å². The van der Waals surface area contributed by atoms with Crippen LogP contribution in [-0.2, 0) is 23.8 Å². The molecule has 2 aromatic carbocycles. The number of carbonyl (C=O) groups excluding carboxylic acids is 1. The van der Waals surface area contributed by atoms with Gasteiger partial charge in [0.05, 0.1) is 10.6 Å². The van der Waals surface area contributed by atoms with Crippen LogP contribution in [0.15, 0.2) is 36.4 Å². The molecule has 0 aliphatic carbocycles. The second-order valence-electron chi connectivity index (χ2n) is 5.23. The highest BCUT2D eigenvalue weighted by Gasteiger charge is 2.31. The largest absolute Gasteiger partial charge is 0.456 e. The minimum Gasteiger partial charge on any atom is -0.456 e.